The first-order valence-electron chi connectivity index (χ1n) is 7.56. The van der Waals surface area contributed by atoms with Crippen molar-refractivity contribution in [1.82, 2.24) is 25.2 Å². The number of alkyl halides is 3. The lowest BCUT2D eigenvalue weighted by Gasteiger charge is -2.13. The molecule has 0 aliphatic carbocycles. The number of nitrogens with one attached hydrogen (secondary N) is 3. The van der Waals surface area contributed by atoms with Gasteiger partial charge in [0.05, 0.1) is 11.9 Å². The van der Waals surface area contributed by atoms with Gasteiger partial charge < -0.3 is 10.1 Å². The number of nitrogens with zero attached hydrogens (tertiary/aromatic N) is 3. The van der Waals surface area contributed by atoms with E-state index in [1.165, 1.54) is 48.1 Å². The minimum Gasteiger partial charge on any atom is -0.405 e. The maximum Gasteiger partial charge on any atom is 0.573 e. The van der Waals surface area contributed by atoms with Crippen molar-refractivity contribution in [3.8, 4) is 17.0 Å². The van der Waals surface area contributed by atoms with E-state index in [9.17, 15) is 18.0 Å². The van der Waals surface area contributed by atoms with Gasteiger partial charge in [0, 0.05) is 12.6 Å². The Morgan fingerprint density at radius 3 is 2.67 bits per heavy atom. The number of amides is 1. The fourth-order valence-corrected chi connectivity index (χ4v) is 2.30. The Bertz CT molecular complexity index is 1010. The number of carbonyl (C=O) groups excluding carboxylic acids is 1. The highest BCUT2D eigenvalue weighted by atomic mass is 19.4. The summed E-state index contributed by atoms with van der Waals surface area (Å²) in [5, 5.41) is 16.4. The van der Waals surface area contributed by atoms with Crippen LogP contribution < -0.4 is 15.4 Å². The van der Waals surface area contributed by atoms with Crippen molar-refractivity contribution < 1.29 is 22.7 Å². The molecule has 11 heteroatoms. The van der Waals surface area contributed by atoms with Crippen molar-refractivity contribution in [1.29, 1.82) is 5.41 Å². The van der Waals surface area contributed by atoms with Gasteiger partial charge in [0.15, 0.2) is 17.3 Å². The Morgan fingerprint density at radius 2 is 1.96 bits per heavy atom. The van der Waals surface area contributed by atoms with Gasteiger partial charge in [-0.15, -0.1) is 13.2 Å². The SMILES string of the molecule is CNC(=N)NC(=O)c1cnc2ccc(-c3ccccc3OC(F)(F)F)nn12. The molecule has 0 saturated carbocycles. The molecule has 140 valence electrons. The first-order valence-corrected chi connectivity index (χ1v) is 7.56. The number of halogens is 3. The highest BCUT2D eigenvalue weighted by Gasteiger charge is 2.32. The second kappa shape index (κ2) is 6.94. The van der Waals surface area contributed by atoms with Gasteiger partial charge in [-0.05, 0) is 24.3 Å². The number of guanidine groups is 1. The van der Waals surface area contributed by atoms with Crippen molar-refractivity contribution >= 4 is 17.5 Å². The molecule has 0 saturated heterocycles. The van der Waals surface area contributed by atoms with Gasteiger partial charge in [0.25, 0.3) is 5.91 Å². The van der Waals surface area contributed by atoms with E-state index >= 15 is 0 Å². The molecule has 3 rings (SSSR count). The van der Waals surface area contributed by atoms with Crippen molar-refractivity contribution in [3.63, 3.8) is 0 Å². The molecule has 0 aliphatic rings. The van der Waals surface area contributed by atoms with Gasteiger partial charge in [-0.1, -0.05) is 12.1 Å². The number of hydrogen-bond donors (Lipinski definition) is 3. The Hall–Kier alpha value is -3.63. The maximum absolute atomic E-state index is 12.6. The molecule has 3 aromatic rings. The number of aromatic nitrogens is 3. The van der Waals surface area contributed by atoms with Crippen LogP contribution in [0.2, 0.25) is 0 Å². The van der Waals surface area contributed by atoms with Crippen LogP contribution in [0.3, 0.4) is 0 Å². The van der Waals surface area contributed by atoms with E-state index in [0.29, 0.717) is 5.65 Å². The Labute approximate surface area is 150 Å². The quantitative estimate of drug-likeness (QED) is 0.479. The molecule has 2 aromatic heterocycles. The summed E-state index contributed by atoms with van der Waals surface area (Å²) in [6, 6.07) is 8.51. The third-order valence-corrected chi connectivity index (χ3v) is 3.47. The Morgan fingerprint density at radius 1 is 1.22 bits per heavy atom. The maximum atomic E-state index is 12.6. The average Bonchev–Trinajstić information content (AvgIpc) is 3.04. The lowest BCUT2D eigenvalue weighted by Crippen LogP contribution is -2.38. The molecule has 0 radical (unpaired) electrons. The summed E-state index contributed by atoms with van der Waals surface area (Å²) < 4.78 is 43.1. The number of carbonyl (C=O) groups is 1. The zero-order chi connectivity index (χ0) is 19.6. The van der Waals surface area contributed by atoms with Crippen LogP contribution in [0.25, 0.3) is 16.9 Å². The molecule has 8 nitrogen and oxygen atoms in total. The van der Waals surface area contributed by atoms with Crippen molar-refractivity contribution in [2.45, 2.75) is 6.36 Å². The van der Waals surface area contributed by atoms with E-state index in [1.54, 1.807) is 6.07 Å². The van der Waals surface area contributed by atoms with Gasteiger partial charge >= 0.3 is 6.36 Å². The van der Waals surface area contributed by atoms with Crippen LogP contribution in [0, 0.1) is 5.41 Å². The number of imidazole rings is 1. The fourth-order valence-electron chi connectivity index (χ4n) is 2.30. The zero-order valence-corrected chi connectivity index (χ0v) is 13.8. The number of ether oxygens (including phenoxy) is 1. The highest BCUT2D eigenvalue weighted by Crippen LogP contribution is 2.32. The zero-order valence-electron chi connectivity index (χ0n) is 13.8. The van der Waals surface area contributed by atoms with Crippen LogP contribution in [0.1, 0.15) is 10.5 Å². The lowest BCUT2D eigenvalue weighted by atomic mass is 10.1. The predicted molar refractivity (Wildman–Crippen MR) is 89.4 cm³/mol. The minimum atomic E-state index is -4.85. The summed E-state index contributed by atoms with van der Waals surface area (Å²) in [6.07, 6.45) is -3.60. The number of rotatable bonds is 3. The predicted octanol–water partition coefficient (Wildman–Crippen LogP) is 2.18. The number of benzene rings is 1. The van der Waals surface area contributed by atoms with Crippen LogP contribution in [0.15, 0.2) is 42.6 Å². The molecule has 0 bridgehead atoms. The monoisotopic (exact) mass is 378 g/mol. The molecule has 2 heterocycles. The molecular formula is C16H13F3N6O2. The van der Waals surface area contributed by atoms with E-state index in [2.05, 4.69) is 25.5 Å². The first kappa shape index (κ1) is 18.2. The molecule has 3 N–H and O–H groups in total. The summed E-state index contributed by atoms with van der Waals surface area (Å²) in [6.45, 7) is 0. The van der Waals surface area contributed by atoms with Crippen LogP contribution >= 0.6 is 0 Å². The van der Waals surface area contributed by atoms with Crippen molar-refractivity contribution in [2.75, 3.05) is 7.05 Å². The molecule has 0 unspecified atom stereocenters. The first-order chi connectivity index (χ1) is 12.8. The van der Waals surface area contributed by atoms with E-state index in [0.717, 1.165) is 0 Å². The smallest absolute Gasteiger partial charge is 0.405 e. The summed E-state index contributed by atoms with van der Waals surface area (Å²) in [5.41, 5.74) is 0.577. The Balaban J connectivity index is 2.04. The van der Waals surface area contributed by atoms with Gasteiger partial charge in [-0.25, -0.2) is 9.50 Å². The van der Waals surface area contributed by atoms with E-state index in [1.807, 2.05) is 0 Å². The fraction of sp³-hybridized carbons (Fsp3) is 0.125. The average molecular weight is 378 g/mol. The number of para-hydroxylation sites is 1. The second-order valence-electron chi connectivity index (χ2n) is 5.26. The topological polar surface area (TPSA) is 104 Å². The summed E-state index contributed by atoms with van der Waals surface area (Å²) >= 11 is 0. The summed E-state index contributed by atoms with van der Waals surface area (Å²) in [5.74, 6) is -1.29. The largest absolute Gasteiger partial charge is 0.573 e. The molecule has 27 heavy (non-hydrogen) atoms. The van der Waals surface area contributed by atoms with Gasteiger partial charge in [-0.3, -0.25) is 15.5 Å². The molecule has 0 aliphatic heterocycles. The van der Waals surface area contributed by atoms with Gasteiger partial charge in [0.1, 0.15) is 5.75 Å². The van der Waals surface area contributed by atoms with Crippen molar-refractivity contribution in [2.24, 2.45) is 0 Å². The van der Waals surface area contributed by atoms with Crippen LogP contribution in [0.4, 0.5) is 13.2 Å². The second-order valence-corrected chi connectivity index (χ2v) is 5.26. The summed E-state index contributed by atoms with van der Waals surface area (Å²) in [4.78, 5) is 16.3. The van der Waals surface area contributed by atoms with Crippen LogP contribution in [0.5, 0.6) is 5.75 Å². The normalized spacial score (nSPS) is 11.3. The number of hydrogen-bond acceptors (Lipinski definition) is 5. The minimum absolute atomic E-state index is 0.0149. The van der Waals surface area contributed by atoms with Crippen LogP contribution in [-0.2, 0) is 0 Å². The third-order valence-electron chi connectivity index (χ3n) is 3.47. The van der Waals surface area contributed by atoms with Gasteiger partial charge in [0.2, 0.25) is 0 Å². The third kappa shape index (κ3) is 3.97. The Kier molecular flexibility index (Phi) is 4.67. The lowest BCUT2D eigenvalue weighted by molar-refractivity contribution is -0.274. The van der Waals surface area contributed by atoms with E-state index in [4.69, 9.17) is 5.41 Å². The van der Waals surface area contributed by atoms with E-state index < -0.39 is 18.0 Å². The highest BCUT2D eigenvalue weighted by molar-refractivity contribution is 6.04. The molecule has 0 atom stereocenters. The molecule has 1 amide bonds. The summed E-state index contributed by atoms with van der Waals surface area (Å²) in [7, 11) is 1.46. The van der Waals surface area contributed by atoms with Gasteiger partial charge in [-0.2, -0.15) is 5.10 Å². The van der Waals surface area contributed by atoms with E-state index in [-0.39, 0.29) is 22.9 Å². The molecule has 1 aromatic carbocycles. The van der Waals surface area contributed by atoms with Crippen molar-refractivity contribution in [3.05, 3.63) is 48.3 Å². The molecule has 0 fully saturated rings. The number of fused-ring (bicyclic) bond motifs is 1. The standard InChI is InChI=1S/C16H13F3N6O2/c1-21-15(20)23-14(26)11-8-22-13-7-6-10(24-25(11)13)9-4-2-3-5-12(9)27-16(17,18)19/h2-8H,1H3,(H3,20,21,23,26). The molecular weight excluding hydrogens is 365 g/mol. The van der Waals surface area contributed by atoms with Crippen LogP contribution in [-0.4, -0.2) is 39.9 Å². The molecule has 0 spiro atoms.